The summed E-state index contributed by atoms with van der Waals surface area (Å²) in [6.07, 6.45) is 0.214. The molecule has 106 valence electrons. The number of amides is 1. The Morgan fingerprint density at radius 2 is 2.00 bits per heavy atom. The average Bonchev–Trinajstić information content (AvgIpc) is 2.28. The van der Waals surface area contributed by atoms with E-state index in [9.17, 15) is 18.7 Å². The zero-order valence-electron chi connectivity index (χ0n) is 11.4. The summed E-state index contributed by atoms with van der Waals surface area (Å²) in [5, 5.41) is 9.60. The van der Waals surface area contributed by atoms with Crippen molar-refractivity contribution in [2.24, 2.45) is 0 Å². The Hall–Kier alpha value is -1.49. The summed E-state index contributed by atoms with van der Waals surface area (Å²) in [4.78, 5) is 13.2. The Bertz CT molecular complexity index is 455. The van der Waals surface area contributed by atoms with Crippen LogP contribution in [0.3, 0.4) is 0 Å². The minimum Gasteiger partial charge on any atom is -0.389 e. The van der Waals surface area contributed by atoms with E-state index in [1.165, 1.54) is 17.0 Å². The number of carbonyl (C=O) groups excluding carboxylic acids is 1. The fraction of sp³-hybridized carbons (Fsp3) is 0.500. The van der Waals surface area contributed by atoms with Crippen molar-refractivity contribution >= 4 is 5.91 Å². The van der Waals surface area contributed by atoms with E-state index in [1.54, 1.807) is 20.9 Å². The van der Waals surface area contributed by atoms with Crippen LogP contribution in [0.4, 0.5) is 8.78 Å². The first-order valence-electron chi connectivity index (χ1n) is 6.10. The summed E-state index contributed by atoms with van der Waals surface area (Å²) in [5.41, 5.74) is -0.792. The van der Waals surface area contributed by atoms with Crippen molar-refractivity contribution in [1.29, 1.82) is 0 Å². The maximum atomic E-state index is 13.4. The van der Waals surface area contributed by atoms with Crippen molar-refractivity contribution in [3.05, 3.63) is 35.4 Å². The third-order valence-corrected chi connectivity index (χ3v) is 2.69. The second-order valence-electron chi connectivity index (χ2n) is 5.28. The van der Waals surface area contributed by atoms with Gasteiger partial charge in [-0.15, -0.1) is 0 Å². The minimum absolute atomic E-state index is 0.0763. The van der Waals surface area contributed by atoms with E-state index in [2.05, 4.69) is 0 Å². The molecular formula is C14H19F2NO2. The molecule has 0 atom stereocenters. The normalized spacial score (nSPS) is 11.5. The molecule has 1 aromatic carbocycles. The number of aryl methyl sites for hydroxylation is 1. The second kappa shape index (κ2) is 6.10. The van der Waals surface area contributed by atoms with Crippen LogP contribution in [-0.2, 0) is 11.2 Å². The summed E-state index contributed by atoms with van der Waals surface area (Å²) in [5.74, 6) is -2.03. The van der Waals surface area contributed by atoms with Gasteiger partial charge in [0, 0.05) is 20.0 Å². The number of hydrogen-bond acceptors (Lipinski definition) is 2. The summed E-state index contributed by atoms with van der Waals surface area (Å²) in [6.45, 7) is 3.39. The predicted molar refractivity (Wildman–Crippen MR) is 68.6 cm³/mol. The molecule has 0 spiro atoms. The number of nitrogens with zero attached hydrogens (tertiary/aromatic N) is 1. The number of likely N-dealkylation sites (N-methyl/N-ethyl adjacent to an activating group) is 1. The van der Waals surface area contributed by atoms with Gasteiger partial charge < -0.3 is 10.0 Å². The lowest BCUT2D eigenvalue weighted by atomic mass is 10.1. The molecular weight excluding hydrogens is 252 g/mol. The van der Waals surface area contributed by atoms with Gasteiger partial charge in [0.05, 0.1) is 5.60 Å². The molecule has 19 heavy (non-hydrogen) atoms. The van der Waals surface area contributed by atoms with Gasteiger partial charge in [0.2, 0.25) is 5.91 Å². The fourth-order valence-electron chi connectivity index (χ4n) is 1.84. The quantitative estimate of drug-likeness (QED) is 0.891. The lowest BCUT2D eigenvalue weighted by Gasteiger charge is -2.25. The summed E-state index contributed by atoms with van der Waals surface area (Å²) >= 11 is 0. The monoisotopic (exact) mass is 271 g/mol. The summed E-state index contributed by atoms with van der Waals surface area (Å²) in [7, 11) is 1.57. The first-order valence-corrected chi connectivity index (χ1v) is 6.10. The van der Waals surface area contributed by atoms with Gasteiger partial charge in [-0.25, -0.2) is 8.78 Å². The zero-order valence-corrected chi connectivity index (χ0v) is 11.4. The molecule has 0 aliphatic heterocycles. The molecule has 0 aliphatic carbocycles. The van der Waals surface area contributed by atoms with E-state index < -0.39 is 17.2 Å². The van der Waals surface area contributed by atoms with E-state index in [-0.39, 0.29) is 30.9 Å². The Labute approximate surface area is 111 Å². The summed E-state index contributed by atoms with van der Waals surface area (Å²) < 4.78 is 26.4. The number of benzene rings is 1. The molecule has 1 N–H and O–H groups in total. The highest BCUT2D eigenvalue weighted by molar-refractivity contribution is 5.76. The average molecular weight is 271 g/mol. The molecule has 0 radical (unpaired) electrons. The topological polar surface area (TPSA) is 40.5 Å². The number of rotatable bonds is 5. The van der Waals surface area contributed by atoms with Gasteiger partial charge in [-0.1, -0.05) is 12.1 Å². The fourth-order valence-corrected chi connectivity index (χ4v) is 1.84. The largest absolute Gasteiger partial charge is 0.389 e. The van der Waals surface area contributed by atoms with Crippen LogP contribution in [0.5, 0.6) is 0 Å². The molecule has 0 saturated heterocycles. The van der Waals surface area contributed by atoms with Crippen LogP contribution in [0, 0.1) is 11.6 Å². The first kappa shape index (κ1) is 15.6. The molecule has 0 saturated carbocycles. The smallest absolute Gasteiger partial charge is 0.222 e. The molecule has 0 heterocycles. The molecule has 0 bridgehead atoms. The van der Waals surface area contributed by atoms with Crippen LogP contribution in [-0.4, -0.2) is 35.1 Å². The van der Waals surface area contributed by atoms with Crippen LogP contribution >= 0.6 is 0 Å². The Morgan fingerprint density at radius 1 is 1.37 bits per heavy atom. The number of aliphatic hydroxyl groups is 1. The van der Waals surface area contributed by atoms with Crippen molar-refractivity contribution in [2.45, 2.75) is 32.3 Å². The molecule has 3 nitrogen and oxygen atoms in total. The lowest BCUT2D eigenvalue weighted by Crippen LogP contribution is -2.39. The van der Waals surface area contributed by atoms with Crippen LogP contribution in [0.1, 0.15) is 25.8 Å². The van der Waals surface area contributed by atoms with Gasteiger partial charge in [0.1, 0.15) is 0 Å². The Balaban J connectivity index is 2.57. The van der Waals surface area contributed by atoms with Gasteiger partial charge in [-0.2, -0.15) is 0 Å². The van der Waals surface area contributed by atoms with Crippen molar-refractivity contribution in [3.8, 4) is 0 Å². The maximum Gasteiger partial charge on any atom is 0.222 e. The van der Waals surface area contributed by atoms with Crippen molar-refractivity contribution in [1.82, 2.24) is 4.90 Å². The highest BCUT2D eigenvalue weighted by Crippen LogP contribution is 2.14. The van der Waals surface area contributed by atoms with Crippen LogP contribution in [0.15, 0.2) is 18.2 Å². The molecule has 0 fully saturated rings. The molecule has 1 amide bonds. The number of halogens is 2. The number of hydrogen-bond donors (Lipinski definition) is 1. The molecule has 1 aromatic rings. The predicted octanol–water partition coefficient (Wildman–Crippen LogP) is 2.13. The second-order valence-corrected chi connectivity index (χ2v) is 5.28. The van der Waals surface area contributed by atoms with E-state index >= 15 is 0 Å². The standard InChI is InChI=1S/C14H19F2NO2/c1-14(2,19)9-17(3)12(18)8-7-10-5-4-6-11(15)13(10)16/h4-6,19H,7-9H2,1-3H3. The van der Waals surface area contributed by atoms with E-state index in [1.807, 2.05) is 0 Å². The van der Waals surface area contributed by atoms with Gasteiger partial charge in [0.15, 0.2) is 11.6 Å². The molecule has 5 heteroatoms. The third-order valence-electron chi connectivity index (χ3n) is 2.69. The first-order chi connectivity index (χ1) is 8.70. The third kappa shape index (κ3) is 4.95. The van der Waals surface area contributed by atoms with Gasteiger partial charge >= 0.3 is 0 Å². The minimum atomic E-state index is -0.978. The lowest BCUT2D eigenvalue weighted by molar-refractivity contribution is -0.132. The van der Waals surface area contributed by atoms with Crippen molar-refractivity contribution in [3.63, 3.8) is 0 Å². The summed E-state index contributed by atoms with van der Waals surface area (Å²) in [6, 6.07) is 3.92. The SMILES string of the molecule is CN(CC(C)(C)O)C(=O)CCc1cccc(F)c1F. The van der Waals surface area contributed by atoms with E-state index in [0.717, 1.165) is 6.07 Å². The molecule has 0 unspecified atom stereocenters. The van der Waals surface area contributed by atoms with Crippen LogP contribution in [0.25, 0.3) is 0 Å². The van der Waals surface area contributed by atoms with Crippen LogP contribution in [0.2, 0.25) is 0 Å². The van der Waals surface area contributed by atoms with Crippen molar-refractivity contribution < 1.29 is 18.7 Å². The molecule has 0 aliphatic rings. The zero-order chi connectivity index (χ0) is 14.6. The molecule has 0 aromatic heterocycles. The van der Waals surface area contributed by atoms with Crippen LogP contribution < -0.4 is 0 Å². The van der Waals surface area contributed by atoms with Gasteiger partial charge in [-0.3, -0.25) is 4.79 Å². The highest BCUT2D eigenvalue weighted by Gasteiger charge is 2.19. The Morgan fingerprint density at radius 3 is 2.58 bits per heavy atom. The highest BCUT2D eigenvalue weighted by atomic mass is 19.2. The van der Waals surface area contributed by atoms with Crippen molar-refractivity contribution in [2.75, 3.05) is 13.6 Å². The van der Waals surface area contributed by atoms with E-state index in [0.29, 0.717) is 0 Å². The van der Waals surface area contributed by atoms with Gasteiger partial charge in [-0.05, 0) is 31.9 Å². The van der Waals surface area contributed by atoms with E-state index in [4.69, 9.17) is 0 Å². The maximum absolute atomic E-state index is 13.4. The van der Waals surface area contributed by atoms with Gasteiger partial charge in [0.25, 0.3) is 0 Å². The number of carbonyl (C=O) groups is 1. The Kier molecular flexibility index (Phi) is 5.00. The molecule has 1 rings (SSSR count).